The average molecular weight is 482 g/mol. The number of aryl methyl sites for hydroxylation is 2. The second kappa shape index (κ2) is 9.63. The molecule has 1 N–H and O–H groups in total. The molecule has 1 aromatic carbocycles. The number of hydrogen-bond donors (Lipinski definition) is 1. The Morgan fingerprint density at radius 2 is 1.97 bits per heavy atom. The summed E-state index contributed by atoms with van der Waals surface area (Å²) in [5.41, 5.74) is -0.899. The largest absolute Gasteiger partial charge is 0.475 e. The van der Waals surface area contributed by atoms with Gasteiger partial charge in [0.2, 0.25) is 12.3 Å². The zero-order valence-corrected chi connectivity index (χ0v) is 18.8. The molecule has 3 amide bonds. The highest BCUT2D eigenvalue weighted by Gasteiger charge is 2.35. The second-order valence-corrected chi connectivity index (χ2v) is 7.64. The molecular formula is C21H22F4N6O3. The standard InChI is InChI=1S/C21H22F4N6O3/c1-12-14-10-17(19(34-8-7-29(2)3)27-18(14)30(4)28-12)26-20(33)31(11-32)13-5-6-16(22)15(9-13)21(23,24)25/h5-6,9-11H,7-8H2,1-4H3,(H,26,33). The quantitative estimate of drug-likeness (QED) is 0.409. The summed E-state index contributed by atoms with van der Waals surface area (Å²) in [6.45, 7) is 2.49. The number of anilines is 2. The van der Waals surface area contributed by atoms with Crippen molar-refractivity contribution in [1.82, 2.24) is 19.7 Å². The van der Waals surface area contributed by atoms with Gasteiger partial charge in [-0.3, -0.25) is 9.48 Å². The first-order chi connectivity index (χ1) is 15.9. The van der Waals surface area contributed by atoms with Gasteiger partial charge in [-0.1, -0.05) is 0 Å². The molecule has 0 radical (unpaired) electrons. The third-order valence-corrected chi connectivity index (χ3v) is 4.84. The third-order valence-electron chi connectivity index (χ3n) is 4.84. The Balaban J connectivity index is 1.97. The normalized spacial score (nSPS) is 11.7. The minimum Gasteiger partial charge on any atom is -0.475 e. The van der Waals surface area contributed by atoms with Crippen LogP contribution >= 0.6 is 0 Å². The van der Waals surface area contributed by atoms with Crippen molar-refractivity contribution in [3.63, 3.8) is 0 Å². The van der Waals surface area contributed by atoms with Gasteiger partial charge < -0.3 is 15.0 Å². The molecule has 0 aliphatic carbocycles. The van der Waals surface area contributed by atoms with Crippen molar-refractivity contribution < 1.29 is 31.9 Å². The van der Waals surface area contributed by atoms with Crippen molar-refractivity contribution in [2.75, 3.05) is 37.5 Å². The number of ether oxygens (including phenoxy) is 1. The van der Waals surface area contributed by atoms with E-state index in [-0.39, 0.29) is 24.6 Å². The van der Waals surface area contributed by atoms with Crippen LogP contribution in [-0.2, 0) is 18.0 Å². The fraction of sp³-hybridized carbons (Fsp3) is 0.333. The zero-order chi connectivity index (χ0) is 25.2. The summed E-state index contributed by atoms with van der Waals surface area (Å²) >= 11 is 0. The zero-order valence-electron chi connectivity index (χ0n) is 18.8. The predicted octanol–water partition coefficient (Wildman–Crippen LogP) is 3.57. The van der Waals surface area contributed by atoms with Gasteiger partial charge in [-0.05, 0) is 45.3 Å². The van der Waals surface area contributed by atoms with Gasteiger partial charge in [0.25, 0.3) is 0 Å². The van der Waals surface area contributed by atoms with Gasteiger partial charge in [-0.2, -0.15) is 23.3 Å². The summed E-state index contributed by atoms with van der Waals surface area (Å²) in [5, 5.41) is 7.31. The van der Waals surface area contributed by atoms with E-state index in [0.29, 0.717) is 40.3 Å². The molecule has 13 heteroatoms. The lowest BCUT2D eigenvalue weighted by molar-refractivity contribution is -0.140. The van der Waals surface area contributed by atoms with Crippen molar-refractivity contribution in [2.24, 2.45) is 7.05 Å². The van der Waals surface area contributed by atoms with Gasteiger partial charge in [-0.15, -0.1) is 0 Å². The fourth-order valence-electron chi connectivity index (χ4n) is 3.13. The van der Waals surface area contributed by atoms with Gasteiger partial charge in [0.05, 0.1) is 16.9 Å². The van der Waals surface area contributed by atoms with Gasteiger partial charge in [-0.25, -0.2) is 14.1 Å². The van der Waals surface area contributed by atoms with Gasteiger partial charge in [0.15, 0.2) is 5.65 Å². The van der Waals surface area contributed by atoms with Crippen LogP contribution in [0.5, 0.6) is 5.88 Å². The molecule has 9 nitrogen and oxygen atoms in total. The van der Waals surface area contributed by atoms with Crippen molar-refractivity contribution in [3.05, 3.63) is 41.3 Å². The number of alkyl halides is 3. The highest BCUT2D eigenvalue weighted by Crippen LogP contribution is 2.34. The van der Waals surface area contributed by atoms with E-state index in [1.165, 1.54) is 4.68 Å². The topological polar surface area (TPSA) is 92.6 Å². The number of rotatable bonds is 7. The molecule has 0 aliphatic heterocycles. The number of carbonyl (C=O) groups excluding carboxylic acids is 2. The highest BCUT2D eigenvalue weighted by atomic mass is 19.4. The van der Waals surface area contributed by atoms with E-state index in [9.17, 15) is 27.2 Å². The number of pyridine rings is 1. The minimum atomic E-state index is -5.01. The van der Waals surface area contributed by atoms with E-state index in [0.717, 1.165) is 6.07 Å². The molecular weight excluding hydrogens is 460 g/mol. The van der Waals surface area contributed by atoms with Crippen LogP contribution < -0.4 is 15.0 Å². The highest BCUT2D eigenvalue weighted by molar-refractivity contribution is 6.12. The van der Waals surface area contributed by atoms with E-state index in [1.807, 2.05) is 19.0 Å². The number of urea groups is 1. The van der Waals surface area contributed by atoms with Crippen LogP contribution in [0.25, 0.3) is 11.0 Å². The van der Waals surface area contributed by atoms with E-state index < -0.39 is 29.3 Å². The first-order valence-electron chi connectivity index (χ1n) is 9.96. The summed E-state index contributed by atoms with van der Waals surface area (Å²) in [5.74, 6) is -1.49. The number of imide groups is 1. The predicted molar refractivity (Wildman–Crippen MR) is 116 cm³/mol. The number of nitrogens with one attached hydrogen (secondary N) is 1. The van der Waals surface area contributed by atoms with Crippen LogP contribution in [0.15, 0.2) is 24.3 Å². The monoisotopic (exact) mass is 482 g/mol. The summed E-state index contributed by atoms with van der Waals surface area (Å²) < 4.78 is 60.1. The van der Waals surface area contributed by atoms with Gasteiger partial charge in [0.1, 0.15) is 18.1 Å². The van der Waals surface area contributed by atoms with E-state index in [4.69, 9.17) is 4.74 Å². The molecule has 3 aromatic rings. The summed E-state index contributed by atoms with van der Waals surface area (Å²) in [7, 11) is 5.37. The molecule has 0 atom stereocenters. The van der Waals surface area contributed by atoms with E-state index in [2.05, 4.69) is 15.4 Å². The van der Waals surface area contributed by atoms with Crippen LogP contribution in [-0.4, -0.2) is 59.4 Å². The number of hydrogen-bond acceptors (Lipinski definition) is 6. The Bertz CT molecular complexity index is 1230. The number of carbonyl (C=O) groups is 2. The molecule has 0 aliphatic rings. The summed E-state index contributed by atoms with van der Waals surface area (Å²) in [6, 6.07) is 2.26. The Morgan fingerprint density at radius 3 is 2.59 bits per heavy atom. The lowest BCUT2D eigenvalue weighted by Gasteiger charge is -2.19. The molecule has 0 unspecified atom stereocenters. The average Bonchev–Trinajstić information content (AvgIpc) is 3.01. The maximum atomic E-state index is 13.6. The number of aromatic nitrogens is 3. The number of nitrogens with zero attached hydrogens (tertiary/aromatic N) is 5. The fourth-order valence-corrected chi connectivity index (χ4v) is 3.13. The van der Waals surface area contributed by atoms with Crippen molar-refractivity contribution >= 4 is 34.8 Å². The van der Waals surface area contributed by atoms with E-state index in [1.54, 1.807) is 20.0 Å². The van der Waals surface area contributed by atoms with Crippen LogP contribution in [0, 0.1) is 12.7 Å². The van der Waals surface area contributed by atoms with Crippen molar-refractivity contribution in [2.45, 2.75) is 13.1 Å². The van der Waals surface area contributed by atoms with Crippen LogP contribution in [0.2, 0.25) is 0 Å². The third kappa shape index (κ3) is 5.25. The van der Waals surface area contributed by atoms with E-state index >= 15 is 0 Å². The first kappa shape index (κ1) is 24.9. The smallest absolute Gasteiger partial charge is 0.419 e. The lowest BCUT2D eigenvalue weighted by Crippen LogP contribution is -2.34. The number of halogens is 4. The minimum absolute atomic E-state index is 0.0244. The maximum Gasteiger partial charge on any atom is 0.419 e. The van der Waals surface area contributed by atoms with Crippen molar-refractivity contribution in [3.8, 4) is 5.88 Å². The van der Waals surface area contributed by atoms with Gasteiger partial charge >= 0.3 is 12.2 Å². The van der Waals surface area contributed by atoms with Crippen molar-refractivity contribution in [1.29, 1.82) is 0 Å². The summed E-state index contributed by atoms with van der Waals surface area (Å²) in [6.07, 6.45) is -4.98. The van der Waals surface area contributed by atoms with Crippen LogP contribution in [0.4, 0.5) is 33.7 Å². The number of likely N-dealkylation sites (N-methyl/N-ethyl adjacent to an activating group) is 1. The van der Waals surface area contributed by atoms with Crippen LogP contribution in [0.3, 0.4) is 0 Å². The SMILES string of the molecule is Cc1nn(C)c2nc(OCCN(C)C)c(NC(=O)N(C=O)c3ccc(F)c(C(F)(F)F)c3)cc12. The molecule has 0 bridgehead atoms. The Hall–Kier alpha value is -3.74. The second-order valence-electron chi connectivity index (χ2n) is 7.64. The lowest BCUT2D eigenvalue weighted by atomic mass is 10.1. The Kier molecular flexibility index (Phi) is 7.05. The molecule has 2 heterocycles. The maximum absolute atomic E-state index is 13.6. The number of fused-ring (bicyclic) bond motifs is 1. The number of amides is 3. The summed E-state index contributed by atoms with van der Waals surface area (Å²) in [4.78, 5) is 31.1. The first-order valence-corrected chi connectivity index (χ1v) is 9.96. The molecule has 0 saturated heterocycles. The molecule has 3 rings (SSSR count). The Morgan fingerprint density at radius 1 is 1.26 bits per heavy atom. The Labute approximate surface area is 191 Å². The molecule has 2 aromatic heterocycles. The molecule has 34 heavy (non-hydrogen) atoms. The van der Waals surface area contributed by atoms with Gasteiger partial charge in [0, 0.05) is 19.0 Å². The molecule has 0 saturated carbocycles. The number of benzene rings is 1. The van der Waals surface area contributed by atoms with Crippen LogP contribution in [0.1, 0.15) is 11.3 Å². The molecule has 0 fully saturated rings. The molecule has 0 spiro atoms. The molecule has 182 valence electrons.